The van der Waals surface area contributed by atoms with Gasteiger partial charge in [0.05, 0.1) is 17.8 Å². The van der Waals surface area contributed by atoms with Crippen LogP contribution in [0.3, 0.4) is 0 Å². The standard InChI is InChI=1S/C18H24O4/c1-17-6-4-13-12-3-2-11(19)8-10(12)9-14(20)16(13)18(17,22)7-5-15(17)21/h2-3,8,13-16,19-22H,4-7,9H2,1H3/t13-,14+,15-,16+,17+,18+/m0/s1. The molecule has 4 heteroatoms. The van der Waals surface area contributed by atoms with Crippen LogP contribution in [0.15, 0.2) is 18.2 Å². The molecule has 3 aliphatic rings. The number of aliphatic hydroxyl groups is 3. The third-order valence-corrected chi connectivity index (χ3v) is 6.85. The summed E-state index contributed by atoms with van der Waals surface area (Å²) in [4.78, 5) is 0. The number of aliphatic hydroxyl groups excluding tert-OH is 2. The van der Waals surface area contributed by atoms with E-state index in [2.05, 4.69) is 0 Å². The molecule has 2 saturated carbocycles. The lowest BCUT2D eigenvalue weighted by atomic mass is 9.52. The molecular formula is C18H24O4. The second-order valence-corrected chi connectivity index (χ2v) is 7.72. The molecular weight excluding hydrogens is 280 g/mol. The zero-order valence-electron chi connectivity index (χ0n) is 12.9. The van der Waals surface area contributed by atoms with Gasteiger partial charge in [-0.2, -0.15) is 0 Å². The van der Waals surface area contributed by atoms with Gasteiger partial charge in [0.1, 0.15) is 5.75 Å². The van der Waals surface area contributed by atoms with Crippen molar-refractivity contribution >= 4 is 0 Å². The van der Waals surface area contributed by atoms with E-state index in [1.54, 1.807) is 12.1 Å². The summed E-state index contributed by atoms with van der Waals surface area (Å²) in [5.74, 6) is 0.0863. The van der Waals surface area contributed by atoms with Gasteiger partial charge in [-0.1, -0.05) is 13.0 Å². The molecule has 0 saturated heterocycles. The average Bonchev–Trinajstić information content (AvgIpc) is 2.70. The van der Waals surface area contributed by atoms with Gasteiger partial charge in [-0.3, -0.25) is 0 Å². The first-order valence-corrected chi connectivity index (χ1v) is 8.27. The minimum atomic E-state index is -1.01. The van der Waals surface area contributed by atoms with Crippen LogP contribution in [-0.4, -0.2) is 38.2 Å². The van der Waals surface area contributed by atoms with Crippen LogP contribution in [0, 0.1) is 11.3 Å². The predicted molar refractivity (Wildman–Crippen MR) is 81.6 cm³/mol. The molecule has 0 aliphatic heterocycles. The quantitative estimate of drug-likeness (QED) is 0.588. The molecule has 120 valence electrons. The molecule has 1 aromatic carbocycles. The first kappa shape index (κ1) is 14.5. The molecule has 0 heterocycles. The topological polar surface area (TPSA) is 80.9 Å². The lowest BCUT2D eigenvalue weighted by molar-refractivity contribution is -0.187. The Labute approximate surface area is 130 Å². The van der Waals surface area contributed by atoms with Crippen molar-refractivity contribution in [1.29, 1.82) is 0 Å². The van der Waals surface area contributed by atoms with E-state index in [0.29, 0.717) is 19.3 Å². The number of aromatic hydroxyl groups is 1. The van der Waals surface area contributed by atoms with E-state index >= 15 is 0 Å². The van der Waals surface area contributed by atoms with E-state index in [1.165, 1.54) is 0 Å². The lowest BCUT2D eigenvalue weighted by Gasteiger charge is -2.56. The fraction of sp³-hybridized carbons (Fsp3) is 0.667. The van der Waals surface area contributed by atoms with Gasteiger partial charge in [0, 0.05) is 11.3 Å². The summed E-state index contributed by atoms with van der Waals surface area (Å²) in [6.07, 6.45) is 2.11. The smallest absolute Gasteiger partial charge is 0.115 e. The number of hydrogen-bond donors (Lipinski definition) is 4. The van der Waals surface area contributed by atoms with Crippen LogP contribution in [0.2, 0.25) is 0 Å². The van der Waals surface area contributed by atoms with Gasteiger partial charge < -0.3 is 20.4 Å². The van der Waals surface area contributed by atoms with Crippen molar-refractivity contribution in [3.8, 4) is 5.75 Å². The molecule has 0 aromatic heterocycles. The Hall–Kier alpha value is -1.10. The molecule has 0 radical (unpaired) electrons. The Bertz CT molecular complexity index is 615. The lowest BCUT2D eigenvalue weighted by Crippen LogP contribution is -2.61. The van der Waals surface area contributed by atoms with Crippen LogP contribution in [0.1, 0.15) is 49.7 Å². The molecule has 22 heavy (non-hydrogen) atoms. The Morgan fingerprint density at radius 2 is 1.91 bits per heavy atom. The van der Waals surface area contributed by atoms with E-state index in [1.807, 2.05) is 13.0 Å². The van der Waals surface area contributed by atoms with Crippen molar-refractivity contribution in [3.05, 3.63) is 29.3 Å². The van der Waals surface area contributed by atoms with Gasteiger partial charge in [-0.05, 0) is 61.3 Å². The van der Waals surface area contributed by atoms with Gasteiger partial charge in [0.15, 0.2) is 0 Å². The molecule has 4 nitrogen and oxygen atoms in total. The van der Waals surface area contributed by atoms with Crippen LogP contribution in [0.5, 0.6) is 5.75 Å². The molecule has 1 aromatic rings. The van der Waals surface area contributed by atoms with E-state index < -0.39 is 23.2 Å². The highest BCUT2D eigenvalue weighted by Crippen LogP contribution is 2.63. The molecule has 6 atom stereocenters. The summed E-state index contributed by atoms with van der Waals surface area (Å²) in [6.45, 7) is 1.97. The van der Waals surface area contributed by atoms with E-state index in [-0.39, 0.29) is 17.6 Å². The van der Waals surface area contributed by atoms with Crippen molar-refractivity contribution in [2.24, 2.45) is 11.3 Å². The summed E-state index contributed by atoms with van der Waals surface area (Å²) in [7, 11) is 0. The maximum Gasteiger partial charge on any atom is 0.115 e. The third kappa shape index (κ3) is 1.63. The molecule has 4 N–H and O–H groups in total. The first-order valence-electron chi connectivity index (χ1n) is 8.27. The van der Waals surface area contributed by atoms with Crippen LogP contribution in [0.4, 0.5) is 0 Å². The summed E-state index contributed by atoms with van der Waals surface area (Å²) in [5.41, 5.74) is 0.595. The molecule has 0 spiro atoms. The molecule has 0 bridgehead atoms. The van der Waals surface area contributed by atoms with Gasteiger partial charge in [-0.15, -0.1) is 0 Å². The van der Waals surface area contributed by atoms with E-state index in [9.17, 15) is 20.4 Å². The largest absolute Gasteiger partial charge is 0.508 e. The number of hydrogen-bond acceptors (Lipinski definition) is 4. The van der Waals surface area contributed by atoms with Gasteiger partial charge in [-0.25, -0.2) is 0 Å². The highest BCUT2D eigenvalue weighted by molar-refractivity contribution is 5.42. The summed E-state index contributed by atoms with van der Waals surface area (Å²) in [6, 6.07) is 5.36. The first-order chi connectivity index (χ1) is 10.4. The van der Waals surface area contributed by atoms with Gasteiger partial charge in [0.25, 0.3) is 0 Å². The van der Waals surface area contributed by atoms with E-state index in [4.69, 9.17) is 0 Å². The van der Waals surface area contributed by atoms with Crippen molar-refractivity contribution < 1.29 is 20.4 Å². The summed E-state index contributed by atoms with van der Waals surface area (Å²) in [5, 5.41) is 42.2. The molecule has 3 aliphatic carbocycles. The number of rotatable bonds is 0. The second kappa shape index (κ2) is 4.47. The predicted octanol–water partition coefficient (Wildman–Crippen LogP) is 1.69. The molecule has 2 fully saturated rings. The molecule has 4 rings (SSSR count). The Kier molecular flexibility index (Phi) is 2.94. The normalized spacial score (nSPS) is 46.7. The number of phenols is 1. The molecule has 0 unspecified atom stereocenters. The summed E-state index contributed by atoms with van der Waals surface area (Å²) >= 11 is 0. The highest BCUT2D eigenvalue weighted by atomic mass is 16.3. The maximum atomic E-state index is 11.4. The SMILES string of the molecule is C[C@]12CC[C@H]3c4ccc(O)cc4C[C@@H](O)[C@@H]3[C@]1(O)CC[C@@H]2O. The van der Waals surface area contributed by atoms with Gasteiger partial charge in [0.2, 0.25) is 0 Å². The molecule has 0 amide bonds. The van der Waals surface area contributed by atoms with Crippen molar-refractivity contribution in [2.45, 2.75) is 62.8 Å². The van der Waals surface area contributed by atoms with Crippen LogP contribution in [0.25, 0.3) is 0 Å². The number of phenolic OH excluding ortho intramolecular Hbond substituents is 1. The average molecular weight is 304 g/mol. The van der Waals surface area contributed by atoms with Crippen LogP contribution < -0.4 is 0 Å². The monoisotopic (exact) mass is 304 g/mol. The van der Waals surface area contributed by atoms with Crippen molar-refractivity contribution in [2.75, 3.05) is 0 Å². The Balaban J connectivity index is 1.82. The Morgan fingerprint density at radius 1 is 1.14 bits per heavy atom. The minimum Gasteiger partial charge on any atom is -0.508 e. The zero-order valence-corrected chi connectivity index (χ0v) is 12.9. The number of benzene rings is 1. The van der Waals surface area contributed by atoms with E-state index in [0.717, 1.165) is 24.0 Å². The van der Waals surface area contributed by atoms with Crippen LogP contribution >= 0.6 is 0 Å². The fourth-order valence-corrected chi connectivity index (χ4v) is 5.57. The highest BCUT2D eigenvalue weighted by Gasteiger charge is 2.65. The van der Waals surface area contributed by atoms with Crippen molar-refractivity contribution in [1.82, 2.24) is 0 Å². The minimum absolute atomic E-state index is 0.0997. The van der Waals surface area contributed by atoms with Crippen LogP contribution in [-0.2, 0) is 6.42 Å². The summed E-state index contributed by atoms with van der Waals surface area (Å²) < 4.78 is 0. The fourth-order valence-electron chi connectivity index (χ4n) is 5.57. The number of fused-ring (bicyclic) bond motifs is 5. The Morgan fingerprint density at radius 3 is 2.68 bits per heavy atom. The second-order valence-electron chi connectivity index (χ2n) is 7.72. The van der Waals surface area contributed by atoms with Gasteiger partial charge >= 0.3 is 0 Å². The van der Waals surface area contributed by atoms with Crippen molar-refractivity contribution in [3.63, 3.8) is 0 Å². The third-order valence-electron chi connectivity index (χ3n) is 6.85. The maximum absolute atomic E-state index is 11.4. The zero-order chi connectivity index (χ0) is 15.7.